The number of rotatable bonds is 3. The SMILES string of the molecule is OCCc1cn(C2CCOC2)nn1. The molecule has 1 fully saturated rings. The van der Waals surface area contributed by atoms with Gasteiger partial charge in [-0.05, 0) is 6.42 Å². The van der Waals surface area contributed by atoms with E-state index < -0.39 is 0 Å². The molecule has 1 aliphatic rings. The molecule has 0 saturated carbocycles. The van der Waals surface area contributed by atoms with E-state index in [1.54, 1.807) is 0 Å². The molecule has 1 aromatic rings. The molecule has 1 aliphatic heterocycles. The van der Waals surface area contributed by atoms with E-state index in [-0.39, 0.29) is 6.61 Å². The van der Waals surface area contributed by atoms with E-state index in [9.17, 15) is 0 Å². The Morgan fingerprint density at radius 2 is 2.62 bits per heavy atom. The number of nitrogens with zero attached hydrogens (tertiary/aromatic N) is 3. The molecule has 0 radical (unpaired) electrons. The van der Waals surface area contributed by atoms with Gasteiger partial charge in [0.05, 0.1) is 18.3 Å². The molecule has 1 saturated heterocycles. The molecule has 72 valence electrons. The Kier molecular flexibility index (Phi) is 2.56. The predicted octanol–water partition coefficient (Wildman–Crippen LogP) is -0.226. The van der Waals surface area contributed by atoms with Crippen molar-refractivity contribution < 1.29 is 9.84 Å². The highest BCUT2D eigenvalue weighted by Gasteiger charge is 2.18. The minimum atomic E-state index is 0.125. The number of aliphatic hydroxyl groups excluding tert-OH is 1. The molecule has 2 rings (SSSR count). The maximum Gasteiger partial charge on any atom is 0.0850 e. The summed E-state index contributed by atoms with van der Waals surface area (Å²) in [5.41, 5.74) is 0.842. The monoisotopic (exact) mass is 183 g/mol. The van der Waals surface area contributed by atoms with Gasteiger partial charge in [-0.1, -0.05) is 5.21 Å². The van der Waals surface area contributed by atoms with Crippen LogP contribution in [0.25, 0.3) is 0 Å². The smallest absolute Gasteiger partial charge is 0.0850 e. The number of hydrogen-bond donors (Lipinski definition) is 1. The number of aliphatic hydroxyl groups is 1. The van der Waals surface area contributed by atoms with Crippen LogP contribution in [0, 0.1) is 0 Å². The van der Waals surface area contributed by atoms with Crippen LogP contribution in [0.1, 0.15) is 18.2 Å². The number of ether oxygens (including phenoxy) is 1. The second kappa shape index (κ2) is 3.85. The van der Waals surface area contributed by atoms with E-state index >= 15 is 0 Å². The van der Waals surface area contributed by atoms with Gasteiger partial charge in [-0.2, -0.15) is 0 Å². The van der Waals surface area contributed by atoms with Crippen LogP contribution in [0.2, 0.25) is 0 Å². The third-order valence-corrected chi connectivity index (χ3v) is 2.21. The van der Waals surface area contributed by atoms with Crippen molar-refractivity contribution >= 4 is 0 Å². The Balaban J connectivity index is 2.03. The first-order chi connectivity index (χ1) is 6.40. The van der Waals surface area contributed by atoms with Gasteiger partial charge in [0.1, 0.15) is 0 Å². The average molecular weight is 183 g/mol. The largest absolute Gasteiger partial charge is 0.396 e. The lowest BCUT2D eigenvalue weighted by atomic mass is 10.3. The summed E-state index contributed by atoms with van der Waals surface area (Å²) in [6.45, 7) is 1.65. The van der Waals surface area contributed by atoms with Gasteiger partial charge in [-0.15, -0.1) is 5.10 Å². The Hall–Kier alpha value is -0.940. The van der Waals surface area contributed by atoms with E-state index in [1.807, 2.05) is 10.9 Å². The highest BCUT2D eigenvalue weighted by Crippen LogP contribution is 2.17. The Morgan fingerprint density at radius 1 is 1.69 bits per heavy atom. The van der Waals surface area contributed by atoms with Gasteiger partial charge in [0, 0.05) is 25.8 Å². The van der Waals surface area contributed by atoms with Gasteiger partial charge in [0.25, 0.3) is 0 Å². The van der Waals surface area contributed by atoms with Crippen molar-refractivity contribution in [3.63, 3.8) is 0 Å². The van der Waals surface area contributed by atoms with Crippen molar-refractivity contribution in [1.82, 2.24) is 15.0 Å². The summed E-state index contributed by atoms with van der Waals surface area (Å²) in [7, 11) is 0. The fourth-order valence-corrected chi connectivity index (χ4v) is 1.45. The quantitative estimate of drug-likeness (QED) is 0.703. The van der Waals surface area contributed by atoms with Crippen LogP contribution in [0.5, 0.6) is 0 Å². The number of hydrogen-bond acceptors (Lipinski definition) is 4. The molecule has 0 bridgehead atoms. The molecule has 0 aliphatic carbocycles. The zero-order chi connectivity index (χ0) is 9.10. The fourth-order valence-electron chi connectivity index (χ4n) is 1.45. The molecule has 1 atom stereocenters. The topological polar surface area (TPSA) is 60.2 Å². The van der Waals surface area contributed by atoms with Crippen molar-refractivity contribution in [2.45, 2.75) is 18.9 Å². The van der Waals surface area contributed by atoms with Crippen LogP contribution in [0.3, 0.4) is 0 Å². The molecule has 0 spiro atoms. The van der Waals surface area contributed by atoms with E-state index in [1.165, 1.54) is 0 Å². The van der Waals surface area contributed by atoms with Crippen molar-refractivity contribution in [3.05, 3.63) is 11.9 Å². The van der Waals surface area contributed by atoms with Gasteiger partial charge in [-0.3, -0.25) is 0 Å². The summed E-state index contributed by atoms with van der Waals surface area (Å²) in [5, 5.41) is 16.6. The minimum absolute atomic E-state index is 0.125. The Morgan fingerprint density at radius 3 is 3.31 bits per heavy atom. The summed E-state index contributed by atoms with van der Waals surface area (Å²) < 4.78 is 7.07. The van der Waals surface area contributed by atoms with Gasteiger partial charge < -0.3 is 9.84 Å². The van der Waals surface area contributed by atoms with Crippen LogP contribution in [0.4, 0.5) is 0 Å². The average Bonchev–Trinajstić information content (AvgIpc) is 2.70. The molecule has 5 nitrogen and oxygen atoms in total. The highest BCUT2D eigenvalue weighted by molar-refractivity contribution is 4.93. The molecule has 1 unspecified atom stereocenters. The predicted molar refractivity (Wildman–Crippen MR) is 45.3 cm³/mol. The van der Waals surface area contributed by atoms with E-state index in [2.05, 4.69) is 10.3 Å². The first-order valence-electron chi connectivity index (χ1n) is 4.49. The first kappa shape index (κ1) is 8.65. The molecule has 13 heavy (non-hydrogen) atoms. The molecular weight excluding hydrogens is 170 g/mol. The molecule has 0 aromatic carbocycles. The second-order valence-corrected chi connectivity index (χ2v) is 3.18. The molecular formula is C8H13N3O2. The highest BCUT2D eigenvalue weighted by atomic mass is 16.5. The van der Waals surface area contributed by atoms with Crippen LogP contribution in [-0.4, -0.2) is 39.9 Å². The lowest BCUT2D eigenvalue weighted by Crippen LogP contribution is -2.09. The Labute approximate surface area is 76.3 Å². The minimum Gasteiger partial charge on any atom is -0.396 e. The van der Waals surface area contributed by atoms with Gasteiger partial charge >= 0.3 is 0 Å². The number of aromatic nitrogens is 3. The van der Waals surface area contributed by atoms with Gasteiger partial charge in [0.15, 0.2) is 0 Å². The van der Waals surface area contributed by atoms with Crippen molar-refractivity contribution in [2.75, 3.05) is 19.8 Å². The molecule has 1 N–H and O–H groups in total. The summed E-state index contributed by atoms with van der Waals surface area (Å²) >= 11 is 0. The van der Waals surface area contributed by atoms with Crippen molar-refractivity contribution in [1.29, 1.82) is 0 Å². The molecule has 0 amide bonds. The van der Waals surface area contributed by atoms with Crippen LogP contribution < -0.4 is 0 Å². The maximum absolute atomic E-state index is 8.69. The van der Waals surface area contributed by atoms with E-state index in [0.29, 0.717) is 12.5 Å². The normalized spacial score (nSPS) is 22.4. The third-order valence-electron chi connectivity index (χ3n) is 2.21. The van der Waals surface area contributed by atoms with E-state index in [4.69, 9.17) is 9.84 Å². The lowest BCUT2D eigenvalue weighted by molar-refractivity contribution is 0.184. The zero-order valence-corrected chi connectivity index (χ0v) is 7.39. The van der Waals surface area contributed by atoms with E-state index in [0.717, 1.165) is 25.3 Å². The first-order valence-corrected chi connectivity index (χ1v) is 4.49. The van der Waals surface area contributed by atoms with Gasteiger partial charge in [0.2, 0.25) is 0 Å². The van der Waals surface area contributed by atoms with Gasteiger partial charge in [-0.25, -0.2) is 4.68 Å². The van der Waals surface area contributed by atoms with Crippen LogP contribution >= 0.6 is 0 Å². The Bertz CT molecular complexity index is 268. The van der Waals surface area contributed by atoms with Crippen LogP contribution in [-0.2, 0) is 11.2 Å². The summed E-state index contributed by atoms with van der Waals surface area (Å²) in [5.74, 6) is 0. The second-order valence-electron chi connectivity index (χ2n) is 3.18. The van der Waals surface area contributed by atoms with Crippen molar-refractivity contribution in [3.8, 4) is 0 Å². The van der Waals surface area contributed by atoms with Crippen molar-refractivity contribution in [2.24, 2.45) is 0 Å². The molecule has 2 heterocycles. The zero-order valence-electron chi connectivity index (χ0n) is 7.39. The molecule has 1 aromatic heterocycles. The van der Waals surface area contributed by atoms with Crippen LogP contribution in [0.15, 0.2) is 6.20 Å². The molecule has 5 heteroatoms. The summed E-state index contributed by atoms with van der Waals surface area (Å²) in [4.78, 5) is 0. The fraction of sp³-hybridized carbons (Fsp3) is 0.750. The summed E-state index contributed by atoms with van der Waals surface area (Å²) in [6.07, 6.45) is 3.46. The standard InChI is InChI=1S/C8H13N3O2/c12-3-1-7-5-11(10-9-7)8-2-4-13-6-8/h5,8,12H,1-4,6H2. The third kappa shape index (κ3) is 1.87. The maximum atomic E-state index is 8.69. The summed E-state index contributed by atoms with van der Waals surface area (Å²) in [6, 6.07) is 0.333. The lowest BCUT2D eigenvalue weighted by Gasteiger charge is -2.04.